The lowest BCUT2D eigenvalue weighted by Crippen LogP contribution is -1.90. The highest BCUT2D eigenvalue weighted by atomic mass is 14.1. The molecule has 0 atom stereocenters. The third-order valence-electron chi connectivity index (χ3n) is 2.90. The number of rotatable bonds is 3. The van der Waals surface area contributed by atoms with Gasteiger partial charge in [0.25, 0.3) is 0 Å². The van der Waals surface area contributed by atoms with Crippen LogP contribution < -0.4 is 0 Å². The minimum atomic E-state index is 0.937. The number of hydrogen-bond acceptors (Lipinski definition) is 0. The monoisotopic (exact) mass is 208 g/mol. The smallest absolute Gasteiger partial charge is 0.00973 e. The maximum Gasteiger partial charge on any atom is -0.00973 e. The first kappa shape index (κ1) is 10.7. The summed E-state index contributed by atoms with van der Waals surface area (Å²) < 4.78 is 0. The fraction of sp³-hybridized carbons (Fsp3) is 0.125. The molecule has 0 aliphatic heterocycles. The van der Waals surface area contributed by atoms with Gasteiger partial charge in [0.05, 0.1) is 0 Å². The molecular weight excluding hydrogens is 192 g/mol. The van der Waals surface area contributed by atoms with E-state index >= 15 is 0 Å². The molecule has 0 spiro atoms. The quantitative estimate of drug-likeness (QED) is 0.656. The average molecular weight is 208 g/mol. The van der Waals surface area contributed by atoms with E-state index in [0.29, 0.717) is 0 Å². The van der Waals surface area contributed by atoms with E-state index in [1.54, 1.807) is 0 Å². The molecule has 0 amide bonds. The van der Waals surface area contributed by atoms with Gasteiger partial charge in [-0.3, -0.25) is 0 Å². The van der Waals surface area contributed by atoms with Crippen LogP contribution in [0.25, 0.3) is 11.1 Å². The van der Waals surface area contributed by atoms with Gasteiger partial charge in [0, 0.05) is 0 Å². The van der Waals surface area contributed by atoms with E-state index in [9.17, 15) is 0 Å². The molecule has 0 unspecified atom stereocenters. The summed E-state index contributed by atoms with van der Waals surface area (Å²) in [5.41, 5.74) is 5.32. The summed E-state index contributed by atoms with van der Waals surface area (Å²) >= 11 is 0. The van der Waals surface area contributed by atoms with Gasteiger partial charge in [0.1, 0.15) is 0 Å². The zero-order valence-electron chi connectivity index (χ0n) is 9.61. The lowest BCUT2D eigenvalue weighted by Gasteiger charge is -2.10. The third kappa shape index (κ3) is 2.06. The molecule has 0 aromatic heterocycles. The molecule has 0 radical (unpaired) electrons. The fourth-order valence-electron chi connectivity index (χ4n) is 1.99. The van der Waals surface area contributed by atoms with Crippen molar-refractivity contribution in [3.05, 3.63) is 72.3 Å². The molecule has 0 aliphatic carbocycles. The summed E-state index contributed by atoms with van der Waals surface area (Å²) in [6.07, 6.45) is 2.89. The van der Waals surface area contributed by atoms with Crippen LogP contribution in [0, 0.1) is 6.92 Å². The molecule has 0 nitrogen and oxygen atoms in total. The van der Waals surface area contributed by atoms with Gasteiger partial charge in [-0.1, -0.05) is 54.6 Å². The van der Waals surface area contributed by atoms with Crippen molar-refractivity contribution < 1.29 is 0 Å². The van der Waals surface area contributed by atoms with Crippen molar-refractivity contribution in [1.29, 1.82) is 0 Å². The van der Waals surface area contributed by atoms with Crippen molar-refractivity contribution >= 4 is 0 Å². The van der Waals surface area contributed by atoms with Crippen LogP contribution >= 0.6 is 0 Å². The van der Waals surface area contributed by atoms with Crippen LogP contribution in [0.4, 0.5) is 0 Å². The van der Waals surface area contributed by atoms with Gasteiger partial charge in [0.2, 0.25) is 0 Å². The fourth-order valence-corrected chi connectivity index (χ4v) is 1.99. The maximum absolute atomic E-state index is 3.80. The highest BCUT2D eigenvalue weighted by Gasteiger charge is 2.04. The van der Waals surface area contributed by atoms with Gasteiger partial charge in [-0.25, -0.2) is 0 Å². The second kappa shape index (κ2) is 4.80. The Labute approximate surface area is 97.3 Å². The Morgan fingerprint density at radius 1 is 1.00 bits per heavy atom. The molecule has 0 heteroatoms. The van der Waals surface area contributed by atoms with Crippen molar-refractivity contribution in [2.45, 2.75) is 13.3 Å². The van der Waals surface area contributed by atoms with E-state index in [0.717, 1.165) is 6.42 Å². The summed E-state index contributed by atoms with van der Waals surface area (Å²) in [5.74, 6) is 0. The summed E-state index contributed by atoms with van der Waals surface area (Å²) in [6.45, 7) is 5.98. The van der Waals surface area contributed by atoms with Crippen LogP contribution in [-0.2, 0) is 6.42 Å². The molecule has 0 bridgehead atoms. The Balaban J connectivity index is 2.50. The zero-order valence-corrected chi connectivity index (χ0v) is 9.61. The van der Waals surface area contributed by atoms with Crippen molar-refractivity contribution in [1.82, 2.24) is 0 Å². The Bertz CT molecular complexity index is 481. The minimum absolute atomic E-state index is 0.937. The van der Waals surface area contributed by atoms with Crippen molar-refractivity contribution in [3.8, 4) is 11.1 Å². The maximum atomic E-state index is 3.80. The second-order valence-corrected chi connectivity index (χ2v) is 3.95. The lowest BCUT2D eigenvalue weighted by atomic mass is 9.95. The largest absolute Gasteiger partial charge is 0.103 e. The first-order chi connectivity index (χ1) is 7.83. The van der Waals surface area contributed by atoms with Crippen LogP contribution in [0.2, 0.25) is 0 Å². The van der Waals surface area contributed by atoms with Crippen LogP contribution in [0.5, 0.6) is 0 Å². The molecule has 0 aliphatic rings. The van der Waals surface area contributed by atoms with E-state index < -0.39 is 0 Å². The van der Waals surface area contributed by atoms with Crippen molar-refractivity contribution in [2.75, 3.05) is 0 Å². The van der Waals surface area contributed by atoms with Crippen molar-refractivity contribution in [2.24, 2.45) is 0 Å². The molecule has 0 saturated carbocycles. The number of benzene rings is 2. The van der Waals surface area contributed by atoms with E-state index in [2.05, 4.69) is 56.0 Å². The normalized spacial score (nSPS) is 10.1. The molecule has 2 rings (SSSR count). The first-order valence-corrected chi connectivity index (χ1v) is 5.57. The average Bonchev–Trinajstić information content (AvgIpc) is 2.33. The number of allylic oxidation sites excluding steroid dienone is 1. The predicted octanol–water partition coefficient (Wildman–Crippen LogP) is 4.39. The third-order valence-corrected chi connectivity index (χ3v) is 2.90. The molecule has 16 heavy (non-hydrogen) atoms. The summed E-state index contributed by atoms with van der Waals surface area (Å²) in [5, 5.41) is 0. The molecular formula is C16H16. The zero-order chi connectivity index (χ0) is 11.4. The standard InChI is InChI=1S/C16H16/c1-3-8-14-11-7-12-16(13(14)2)15-9-5-4-6-10-15/h3-7,9-12H,1,8H2,2H3. The topological polar surface area (TPSA) is 0 Å². The molecule has 0 fully saturated rings. The Kier molecular flexibility index (Phi) is 3.21. The van der Waals surface area contributed by atoms with Crippen LogP contribution in [-0.4, -0.2) is 0 Å². The summed E-state index contributed by atoms with van der Waals surface area (Å²) in [4.78, 5) is 0. The van der Waals surface area contributed by atoms with E-state index in [1.165, 1.54) is 22.3 Å². The Hall–Kier alpha value is -1.82. The Morgan fingerprint density at radius 3 is 2.44 bits per heavy atom. The van der Waals surface area contributed by atoms with Crippen LogP contribution in [0.15, 0.2) is 61.2 Å². The SMILES string of the molecule is C=CCc1cccc(-c2ccccc2)c1C. The van der Waals surface area contributed by atoms with E-state index in [-0.39, 0.29) is 0 Å². The van der Waals surface area contributed by atoms with Gasteiger partial charge in [-0.15, -0.1) is 6.58 Å². The second-order valence-electron chi connectivity index (χ2n) is 3.95. The molecule has 0 saturated heterocycles. The van der Waals surface area contributed by atoms with Crippen LogP contribution in [0.1, 0.15) is 11.1 Å². The first-order valence-electron chi connectivity index (χ1n) is 5.57. The predicted molar refractivity (Wildman–Crippen MR) is 70.5 cm³/mol. The molecule has 0 N–H and O–H groups in total. The van der Waals surface area contributed by atoms with Gasteiger partial charge >= 0.3 is 0 Å². The van der Waals surface area contributed by atoms with E-state index in [4.69, 9.17) is 0 Å². The van der Waals surface area contributed by atoms with E-state index in [1.807, 2.05) is 12.1 Å². The van der Waals surface area contributed by atoms with Gasteiger partial charge < -0.3 is 0 Å². The minimum Gasteiger partial charge on any atom is -0.103 e. The molecule has 2 aromatic rings. The molecule has 2 aromatic carbocycles. The molecule has 0 heterocycles. The molecule has 80 valence electrons. The summed E-state index contributed by atoms with van der Waals surface area (Å²) in [6, 6.07) is 17.0. The van der Waals surface area contributed by atoms with Gasteiger partial charge in [0.15, 0.2) is 0 Å². The Morgan fingerprint density at radius 2 is 1.75 bits per heavy atom. The highest BCUT2D eigenvalue weighted by molar-refractivity contribution is 5.68. The lowest BCUT2D eigenvalue weighted by molar-refractivity contribution is 1.22. The van der Waals surface area contributed by atoms with Crippen molar-refractivity contribution in [3.63, 3.8) is 0 Å². The van der Waals surface area contributed by atoms with Crippen LogP contribution in [0.3, 0.4) is 0 Å². The highest BCUT2D eigenvalue weighted by Crippen LogP contribution is 2.25. The van der Waals surface area contributed by atoms with Gasteiger partial charge in [-0.05, 0) is 35.6 Å². The summed E-state index contributed by atoms with van der Waals surface area (Å²) in [7, 11) is 0. The number of hydrogen-bond donors (Lipinski definition) is 0. The van der Waals surface area contributed by atoms with Gasteiger partial charge in [-0.2, -0.15) is 0 Å².